The van der Waals surface area contributed by atoms with E-state index in [1.807, 2.05) is 0 Å². The molecule has 0 spiro atoms. The SMILES string of the molecule is O=C(COc1ccccc1[N+](=O)[O-])N/N=C\c1cc(Br)ccc1OC(=O)c1ccc(Cl)cc1. The maximum Gasteiger partial charge on any atom is 0.343 e. The molecule has 1 N–H and O–H groups in total. The highest BCUT2D eigenvalue weighted by atomic mass is 79.9. The van der Waals surface area contributed by atoms with Crippen LogP contribution in [0.2, 0.25) is 5.02 Å². The normalized spacial score (nSPS) is 10.6. The number of nitrogens with one attached hydrogen (secondary N) is 1. The first kappa shape index (κ1) is 23.9. The van der Waals surface area contributed by atoms with E-state index in [1.165, 1.54) is 36.5 Å². The number of carbonyl (C=O) groups is 2. The molecule has 3 aromatic rings. The van der Waals surface area contributed by atoms with Crippen molar-refractivity contribution in [3.05, 3.63) is 97.5 Å². The third-order valence-corrected chi connectivity index (χ3v) is 4.81. The van der Waals surface area contributed by atoms with Crippen molar-refractivity contribution < 1.29 is 24.0 Å². The number of nitrogens with zero attached hydrogens (tertiary/aromatic N) is 2. The third-order valence-electron chi connectivity index (χ3n) is 4.07. The summed E-state index contributed by atoms with van der Waals surface area (Å²) in [6.45, 7) is -0.487. The standard InChI is InChI=1S/C22H15BrClN3O6/c23-16-7-10-19(33-22(29)14-5-8-17(24)9-6-14)15(11-16)12-25-26-21(28)13-32-20-4-2-1-3-18(20)27(30)31/h1-12H,13H2,(H,26,28)/b25-12-. The number of hydrogen-bond acceptors (Lipinski definition) is 7. The minimum Gasteiger partial charge on any atom is -0.477 e. The molecular formula is C22H15BrClN3O6. The molecule has 0 aromatic heterocycles. The Morgan fingerprint density at radius 1 is 1.09 bits per heavy atom. The fourth-order valence-corrected chi connectivity index (χ4v) is 3.04. The van der Waals surface area contributed by atoms with Gasteiger partial charge in [0.15, 0.2) is 12.4 Å². The van der Waals surface area contributed by atoms with Gasteiger partial charge in [-0.1, -0.05) is 39.7 Å². The summed E-state index contributed by atoms with van der Waals surface area (Å²) in [6, 6.07) is 16.8. The van der Waals surface area contributed by atoms with Gasteiger partial charge in [0, 0.05) is 21.1 Å². The molecule has 0 aliphatic carbocycles. The molecule has 0 aliphatic rings. The smallest absolute Gasteiger partial charge is 0.343 e. The summed E-state index contributed by atoms with van der Waals surface area (Å²) in [5.41, 5.74) is 2.72. The quantitative estimate of drug-likeness (QED) is 0.147. The molecular weight excluding hydrogens is 518 g/mol. The van der Waals surface area contributed by atoms with Crippen molar-refractivity contribution in [1.82, 2.24) is 5.43 Å². The molecule has 9 nitrogen and oxygen atoms in total. The maximum atomic E-state index is 12.4. The van der Waals surface area contributed by atoms with Gasteiger partial charge in [-0.05, 0) is 48.5 Å². The molecule has 0 heterocycles. The fraction of sp³-hybridized carbons (Fsp3) is 0.0455. The Bertz CT molecular complexity index is 1220. The van der Waals surface area contributed by atoms with Crippen LogP contribution in [0.5, 0.6) is 11.5 Å². The van der Waals surface area contributed by atoms with Crippen LogP contribution in [0.3, 0.4) is 0 Å². The number of rotatable bonds is 8. The first-order valence-corrected chi connectivity index (χ1v) is 10.5. The second-order valence-electron chi connectivity index (χ2n) is 6.39. The van der Waals surface area contributed by atoms with E-state index < -0.39 is 23.4 Å². The molecule has 1 amide bonds. The summed E-state index contributed by atoms with van der Waals surface area (Å²) in [6.07, 6.45) is 1.29. The number of hydrogen-bond donors (Lipinski definition) is 1. The van der Waals surface area contributed by atoms with Crippen LogP contribution < -0.4 is 14.9 Å². The summed E-state index contributed by atoms with van der Waals surface area (Å²) in [7, 11) is 0. The maximum absolute atomic E-state index is 12.4. The van der Waals surface area contributed by atoms with Crippen LogP contribution in [0.4, 0.5) is 5.69 Å². The van der Waals surface area contributed by atoms with Gasteiger partial charge in [0.05, 0.1) is 16.7 Å². The number of ether oxygens (including phenoxy) is 2. The van der Waals surface area contributed by atoms with Crippen LogP contribution in [0, 0.1) is 10.1 Å². The molecule has 3 aromatic carbocycles. The molecule has 3 rings (SSSR count). The topological polar surface area (TPSA) is 120 Å². The van der Waals surface area contributed by atoms with Gasteiger partial charge >= 0.3 is 11.7 Å². The highest BCUT2D eigenvalue weighted by Gasteiger charge is 2.15. The molecule has 0 atom stereocenters. The third kappa shape index (κ3) is 6.86. The minimum atomic E-state index is -0.640. The minimum absolute atomic E-state index is 0.0370. The molecule has 0 bridgehead atoms. The van der Waals surface area contributed by atoms with Crippen LogP contribution >= 0.6 is 27.5 Å². The largest absolute Gasteiger partial charge is 0.477 e. The lowest BCUT2D eigenvalue weighted by Gasteiger charge is -2.08. The average Bonchev–Trinajstić information content (AvgIpc) is 2.80. The molecule has 33 heavy (non-hydrogen) atoms. The lowest BCUT2D eigenvalue weighted by atomic mass is 10.2. The molecule has 0 saturated carbocycles. The van der Waals surface area contributed by atoms with Gasteiger partial charge in [-0.25, -0.2) is 10.2 Å². The van der Waals surface area contributed by atoms with E-state index in [0.29, 0.717) is 20.6 Å². The molecule has 168 valence electrons. The number of nitro benzene ring substituents is 1. The number of hydrazone groups is 1. The molecule has 0 unspecified atom stereocenters. The highest BCUT2D eigenvalue weighted by molar-refractivity contribution is 9.10. The number of benzene rings is 3. The summed E-state index contributed by atoms with van der Waals surface area (Å²) in [5.74, 6) is -1.05. The molecule has 0 aliphatic heterocycles. The van der Waals surface area contributed by atoms with Crippen molar-refractivity contribution in [1.29, 1.82) is 0 Å². The number of carbonyl (C=O) groups excluding carboxylic acids is 2. The van der Waals surface area contributed by atoms with Gasteiger partial charge in [-0.3, -0.25) is 14.9 Å². The summed E-state index contributed by atoms with van der Waals surface area (Å²) >= 11 is 9.16. The van der Waals surface area contributed by atoms with E-state index in [2.05, 4.69) is 26.5 Å². The Balaban J connectivity index is 1.63. The van der Waals surface area contributed by atoms with Gasteiger partial charge in [0.1, 0.15) is 5.75 Å². The lowest BCUT2D eigenvalue weighted by Crippen LogP contribution is -2.24. The Kier molecular flexibility index (Phi) is 8.11. The van der Waals surface area contributed by atoms with E-state index >= 15 is 0 Å². The molecule has 0 radical (unpaired) electrons. The first-order valence-electron chi connectivity index (χ1n) is 9.29. The van der Waals surface area contributed by atoms with Crippen molar-refractivity contribution in [3.63, 3.8) is 0 Å². The lowest BCUT2D eigenvalue weighted by molar-refractivity contribution is -0.385. The van der Waals surface area contributed by atoms with Gasteiger partial charge in [0.25, 0.3) is 5.91 Å². The van der Waals surface area contributed by atoms with Crippen LogP contribution in [0.15, 0.2) is 76.3 Å². The Labute approximate surface area is 201 Å². The van der Waals surface area contributed by atoms with Crippen LogP contribution in [0.25, 0.3) is 0 Å². The first-order chi connectivity index (χ1) is 15.8. The van der Waals surface area contributed by atoms with Crippen LogP contribution in [-0.4, -0.2) is 29.6 Å². The van der Waals surface area contributed by atoms with Gasteiger partial charge in [-0.2, -0.15) is 5.10 Å². The predicted octanol–water partition coefficient (Wildman–Crippen LogP) is 4.76. The second kappa shape index (κ2) is 11.2. The summed E-state index contributed by atoms with van der Waals surface area (Å²) < 4.78 is 11.3. The zero-order valence-corrected chi connectivity index (χ0v) is 19.1. The van der Waals surface area contributed by atoms with E-state index in [0.717, 1.165) is 0 Å². The van der Waals surface area contributed by atoms with Crippen molar-refractivity contribution in [2.75, 3.05) is 6.61 Å². The highest BCUT2D eigenvalue weighted by Crippen LogP contribution is 2.26. The Morgan fingerprint density at radius 2 is 1.82 bits per heavy atom. The monoisotopic (exact) mass is 531 g/mol. The number of esters is 1. The van der Waals surface area contributed by atoms with E-state index in [1.54, 1.807) is 36.4 Å². The van der Waals surface area contributed by atoms with Crippen molar-refractivity contribution in [2.24, 2.45) is 5.10 Å². The summed E-state index contributed by atoms with van der Waals surface area (Å²) in [4.78, 5) is 34.8. The van der Waals surface area contributed by atoms with Crippen LogP contribution in [-0.2, 0) is 4.79 Å². The number of halogens is 2. The van der Waals surface area contributed by atoms with E-state index in [4.69, 9.17) is 21.1 Å². The van der Waals surface area contributed by atoms with Gasteiger partial charge in [0.2, 0.25) is 0 Å². The van der Waals surface area contributed by atoms with Gasteiger partial charge < -0.3 is 9.47 Å². The molecule has 0 saturated heterocycles. The van der Waals surface area contributed by atoms with E-state index in [9.17, 15) is 19.7 Å². The average molecular weight is 533 g/mol. The van der Waals surface area contributed by atoms with Crippen LogP contribution in [0.1, 0.15) is 15.9 Å². The zero-order chi connectivity index (χ0) is 23.8. The second-order valence-corrected chi connectivity index (χ2v) is 7.74. The zero-order valence-electron chi connectivity index (χ0n) is 16.7. The number of nitro groups is 1. The summed E-state index contributed by atoms with van der Waals surface area (Å²) in [5, 5.41) is 15.3. The fourth-order valence-electron chi connectivity index (χ4n) is 2.54. The predicted molar refractivity (Wildman–Crippen MR) is 125 cm³/mol. The van der Waals surface area contributed by atoms with E-state index in [-0.39, 0.29) is 17.2 Å². The number of para-hydroxylation sites is 2. The van der Waals surface area contributed by atoms with Crippen molar-refractivity contribution >= 4 is 51.3 Å². The van der Waals surface area contributed by atoms with Gasteiger partial charge in [-0.15, -0.1) is 0 Å². The Hall–Kier alpha value is -3.76. The Morgan fingerprint density at radius 3 is 2.55 bits per heavy atom. The van der Waals surface area contributed by atoms with Crippen molar-refractivity contribution in [3.8, 4) is 11.5 Å². The molecule has 0 fully saturated rings. The van der Waals surface area contributed by atoms with Crippen molar-refractivity contribution in [2.45, 2.75) is 0 Å². The number of amides is 1. The molecule has 11 heteroatoms.